The second kappa shape index (κ2) is 4.36. The molecule has 0 aliphatic rings. The number of carbonyl (C=O) groups excluding carboxylic acids is 1. The second-order valence-corrected chi connectivity index (χ2v) is 3.72. The number of carbonyl (C=O) groups is 2. The van der Waals surface area contributed by atoms with Gasteiger partial charge in [0, 0.05) is 18.8 Å². The Bertz CT molecular complexity index is 669. The third-order valence-corrected chi connectivity index (χ3v) is 2.47. The van der Waals surface area contributed by atoms with E-state index in [1.165, 1.54) is 18.0 Å². The summed E-state index contributed by atoms with van der Waals surface area (Å²) in [5.74, 6) is -2.33. The molecule has 94 valence electrons. The van der Waals surface area contributed by atoms with Gasteiger partial charge < -0.3 is 14.4 Å². The lowest BCUT2D eigenvalue weighted by atomic mass is 10.2. The highest BCUT2D eigenvalue weighted by Crippen LogP contribution is 2.19. The third-order valence-electron chi connectivity index (χ3n) is 2.47. The first-order chi connectivity index (χ1) is 8.47. The summed E-state index contributed by atoms with van der Waals surface area (Å²) < 4.78 is 4.85. The molecule has 7 heteroatoms. The monoisotopic (exact) mass is 250 g/mol. The molecular formula is C11H10N2O5. The number of aromatic amines is 1. The van der Waals surface area contributed by atoms with Crippen LogP contribution in [0.25, 0.3) is 11.1 Å². The first-order valence-corrected chi connectivity index (χ1v) is 5.08. The number of fused-ring (bicyclic) bond motifs is 1. The average molecular weight is 250 g/mol. The molecule has 2 aromatic rings. The van der Waals surface area contributed by atoms with Crippen LogP contribution in [0.2, 0.25) is 0 Å². The van der Waals surface area contributed by atoms with Crippen LogP contribution in [0.5, 0.6) is 0 Å². The predicted octanol–water partition coefficient (Wildman–Crippen LogP) is 0.559. The van der Waals surface area contributed by atoms with Gasteiger partial charge in [0.2, 0.25) is 5.91 Å². The van der Waals surface area contributed by atoms with Crippen LogP contribution in [0.4, 0.5) is 5.69 Å². The number of anilines is 1. The minimum Gasteiger partial charge on any atom is -0.481 e. The predicted molar refractivity (Wildman–Crippen MR) is 62.5 cm³/mol. The number of rotatable bonds is 3. The zero-order chi connectivity index (χ0) is 13.3. The van der Waals surface area contributed by atoms with E-state index in [0.717, 1.165) is 0 Å². The van der Waals surface area contributed by atoms with Crippen molar-refractivity contribution in [1.29, 1.82) is 0 Å². The van der Waals surface area contributed by atoms with E-state index in [0.29, 0.717) is 16.8 Å². The number of carboxylic acids is 1. The lowest BCUT2D eigenvalue weighted by molar-refractivity contribution is -0.140. The second-order valence-electron chi connectivity index (χ2n) is 3.72. The van der Waals surface area contributed by atoms with Crippen LogP contribution >= 0.6 is 0 Å². The molecule has 1 aromatic heterocycles. The van der Waals surface area contributed by atoms with E-state index in [1.54, 1.807) is 12.1 Å². The Hall–Kier alpha value is -2.57. The van der Waals surface area contributed by atoms with Gasteiger partial charge in [0.25, 0.3) is 0 Å². The van der Waals surface area contributed by atoms with Crippen molar-refractivity contribution >= 4 is 28.7 Å². The fourth-order valence-corrected chi connectivity index (χ4v) is 1.53. The lowest BCUT2D eigenvalue weighted by Crippen LogP contribution is -2.28. The quantitative estimate of drug-likeness (QED) is 0.774. The topological polar surface area (TPSA) is 104 Å². The van der Waals surface area contributed by atoms with Gasteiger partial charge in [-0.25, -0.2) is 4.79 Å². The van der Waals surface area contributed by atoms with Crippen LogP contribution in [0.1, 0.15) is 6.42 Å². The van der Waals surface area contributed by atoms with Gasteiger partial charge in [-0.1, -0.05) is 0 Å². The number of H-pyrrole nitrogens is 1. The van der Waals surface area contributed by atoms with Gasteiger partial charge in [-0.05, 0) is 12.1 Å². The maximum atomic E-state index is 11.5. The van der Waals surface area contributed by atoms with Gasteiger partial charge in [-0.3, -0.25) is 14.6 Å². The normalized spacial score (nSPS) is 10.5. The van der Waals surface area contributed by atoms with Crippen molar-refractivity contribution < 1.29 is 19.1 Å². The van der Waals surface area contributed by atoms with E-state index >= 15 is 0 Å². The van der Waals surface area contributed by atoms with Crippen LogP contribution in [0, 0.1) is 0 Å². The number of benzene rings is 1. The zero-order valence-electron chi connectivity index (χ0n) is 9.47. The number of nitrogens with zero attached hydrogens (tertiary/aromatic N) is 1. The zero-order valence-corrected chi connectivity index (χ0v) is 9.47. The van der Waals surface area contributed by atoms with E-state index in [1.807, 2.05) is 0 Å². The van der Waals surface area contributed by atoms with E-state index in [2.05, 4.69) is 4.98 Å². The number of hydrogen-bond acceptors (Lipinski definition) is 4. The van der Waals surface area contributed by atoms with Crippen molar-refractivity contribution in [2.24, 2.45) is 0 Å². The average Bonchev–Trinajstić information content (AvgIpc) is 2.65. The number of amides is 1. The molecule has 1 aromatic carbocycles. The van der Waals surface area contributed by atoms with Crippen molar-refractivity contribution in [2.75, 3.05) is 11.9 Å². The molecule has 2 rings (SSSR count). The van der Waals surface area contributed by atoms with E-state index < -0.39 is 24.1 Å². The smallest absolute Gasteiger partial charge is 0.417 e. The summed E-state index contributed by atoms with van der Waals surface area (Å²) in [7, 11) is 1.46. The van der Waals surface area contributed by atoms with Crippen molar-refractivity contribution in [1.82, 2.24) is 4.98 Å². The molecule has 0 spiro atoms. The van der Waals surface area contributed by atoms with Crippen LogP contribution in [-0.4, -0.2) is 29.0 Å². The number of hydrogen-bond donors (Lipinski definition) is 2. The Morgan fingerprint density at radius 3 is 2.83 bits per heavy atom. The number of oxazole rings is 1. The molecule has 1 heterocycles. The van der Waals surface area contributed by atoms with E-state index in [9.17, 15) is 14.4 Å². The number of aliphatic carboxylic acids is 1. The summed E-state index contributed by atoms with van der Waals surface area (Å²) in [4.78, 5) is 36.6. The highest BCUT2D eigenvalue weighted by atomic mass is 16.4. The summed E-state index contributed by atoms with van der Waals surface area (Å²) in [6, 6.07) is 4.67. The first kappa shape index (κ1) is 11.9. The first-order valence-electron chi connectivity index (χ1n) is 5.08. The van der Waals surface area contributed by atoms with Gasteiger partial charge in [0.05, 0.1) is 5.52 Å². The Balaban J connectivity index is 2.32. The molecule has 1 amide bonds. The molecule has 0 atom stereocenters. The Kier molecular flexibility index (Phi) is 2.88. The van der Waals surface area contributed by atoms with Crippen LogP contribution in [-0.2, 0) is 9.59 Å². The fraction of sp³-hybridized carbons (Fsp3) is 0.182. The maximum absolute atomic E-state index is 11.5. The largest absolute Gasteiger partial charge is 0.481 e. The highest BCUT2D eigenvalue weighted by Gasteiger charge is 2.15. The van der Waals surface area contributed by atoms with Gasteiger partial charge in [-0.2, -0.15) is 0 Å². The Morgan fingerprint density at radius 1 is 1.44 bits per heavy atom. The summed E-state index contributed by atoms with van der Waals surface area (Å²) in [6.45, 7) is 0. The SMILES string of the molecule is CN(C(=O)CC(=O)O)c1ccc2[nH]c(=O)oc2c1. The highest BCUT2D eigenvalue weighted by molar-refractivity contribution is 6.03. The summed E-state index contributed by atoms with van der Waals surface area (Å²) in [5, 5.41) is 8.54. The Morgan fingerprint density at radius 2 is 2.17 bits per heavy atom. The van der Waals surface area contributed by atoms with Crippen molar-refractivity contribution in [3.05, 3.63) is 28.7 Å². The maximum Gasteiger partial charge on any atom is 0.417 e. The van der Waals surface area contributed by atoms with Crippen LogP contribution in [0.3, 0.4) is 0 Å². The molecule has 2 N–H and O–H groups in total. The fourth-order valence-electron chi connectivity index (χ4n) is 1.53. The van der Waals surface area contributed by atoms with Crippen molar-refractivity contribution in [3.8, 4) is 0 Å². The van der Waals surface area contributed by atoms with Crippen molar-refractivity contribution in [2.45, 2.75) is 6.42 Å². The minimum atomic E-state index is -1.19. The molecule has 0 saturated carbocycles. The van der Waals surface area contributed by atoms with E-state index in [-0.39, 0.29) is 0 Å². The molecule has 0 fully saturated rings. The minimum absolute atomic E-state index is 0.312. The molecule has 18 heavy (non-hydrogen) atoms. The lowest BCUT2D eigenvalue weighted by Gasteiger charge is -2.15. The molecule has 0 aliphatic heterocycles. The van der Waals surface area contributed by atoms with Crippen molar-refractivity contribution in [3.63, 3.8) is 0 Å². The summed E-state index contributed by atoms with van der Waals surface area (Å²) >= 11 is 0. The standard InChI is InChI=1S/C11H10N2O5/c1-13(9(14)5-10(15)16)6-2-3-7-8(4-6)18-11(17)12-7/h2-4H,5H2,1H3,(H,12,17)(H,15,16). The Labute approximate surface area is 101 Å². The molecule has 7 nitrogen and oxygen atoms in total. The molecule has 0 saturated heterocycles. The van der Waals surface area contributed by atoms with Crippen LogP contribution < -0.4 is 10.7 Å². The van der Waals surface area contributed by atoms with Gasteiger partial charge in [-0.15, -0.1) is 0 Å². The number of carboxylic acid groups (broad SMARTS) is 1. The van der Waals surface area contributed by atoms with Gasteiger partial charge in [0.15, 0.2) is 5.58 Å². The molecule has 0 aliphatic carbocycles. The van der Waals surface area contributed by atoms with Crippen LogP contribution in [0.15, 0.2) is 27.4 Å². The summed E-state index contributed by atoms with van der Waals surface area (Å²) in [5.41, 5.74) is 1.28. The molecule has 0 unspecified atom stereocenters. The number of nitrogens with one attached hydrogen (secondary N) is 1. The van der Waals surface area contributed by atoms with Gasteiger partial charge >= 0.3 is 11.7 Å². The summed E-state index contributed by atoms with van der Waals surface area (Å²) in [6.07, 6.45) is -0.592. The third kappa shape index (κ3) is 2.24. The molecule has 0 bridgehead atoms. The molecular weight excluding hydrogens is 240 g/mol. The van der Waals surface area contributed by atoms with E-state index in [4.69, 9.17) is 9.52 Å². The van der Waals surface area contributed by atoms with Gasteiger partial charge in [0.1, 0.15) is 6.42 Å². The number of aromatic nitrogens is 1. The molecule has 0 radical (unpaired) electrons.